The van der Waals surface area contributed by atoms with Crippen LogP contribution < -0.4 is 0 Å². The first-order chi connectivity index (χ1) is 9.65. The highest BCUT2D eigenvalue weighted by Gasteiger charge is 2.19. The average molecular weight is 293 g/mol. The summed E-state index contributed by atoms with van der Waals surface area (Å²) in [4.78, 5) is 4.74. The third-order valence-corrected chi connectivity index (χ3v) is 3.56. The first-order valence-corrected chi connectivity index (χ1v) is 7.17. The first kappa shape index (κ1) is 13.2. The van der Waals surface area contributed by atoms with E-state index < -0.39 is 0 Å². The van der Waals surface area contributed by atoms with Crippen LogP contribution in [0.4, 0.5) is 0 Å². The largest absolute Gasteiger partial charge is 0.278 e. The van der Waals surface area contributed by atoms with E-state index in [1.807, 2.05) is 31.2 Å². The van der Waals surface area contributed by atoms with Crippen molar-refractivity contribution in [3.8, 4) is 5.69 Å². The molecular formula is C13H17ClN6. The van der Waals surface area contributed by atoms with Gasteiger partial charge in [-0.25, -0.2) is 9.67 Å². The van der Waals surface area contributed by atoms with Crippen LogP contribution >= 0.6 is 11.6 Å². The third kappa shape index (κ3) is 1.91. The van der Waals surface area contributed by atoms with Gasteiger partial charge in [0.2, 0.25) is 0 Å². The Balaban J connectivity index is 2.31. The van der Waals surface area contributed by atoms with Crippen molar-refractivity contribution in [2.45, 2.75) is 19.8 Å². The molecule has 3 rings (SSSR count). The standard InChI is InChI=1S/C13H17ClN6/c1-4-10-12-13(19(3)17-10)20(11(16-12)5-6-14)9-7-15-18(2)8-9/h7-8H,4-6H2,1-3H3. The number of halogens is 1. The maximum Gasteiger partial charge on any atom is 0.163 e. The van der Waals surface area contributed by atoms with Gasteiger partial charge in [-0.1, -0.05) is 6.92 Å². The molecule has 0 spiro atoms. The molecule has 3 aromatic rings. The lowest BCUT2D eigenvalue weighted by Crippen LogP contribution is -2.05. The number of aromatic nitrogens is 6. The van der Waals surface area contributed by atoms with Crippen molar-refractivity contribution < 1.29 is 0 Å². The minimum absolute atomic E-state index is 0.540. The summed E-state index contributed by atoms with van der Waals surface area (Å²) in [5, 5.41) is 8.78. The average Bonchev–Trinajstić information content (AvgIpc) is 3.06. The molecule has 7 heteroatoms. The number of aryl methyl sites for hydroxylation is 4. The molecule has 0 radical (unpaired) electrons. The van der Waals surface area contributed by atoms with Gasteiger partial charge < -0.3 is 0 Å². The van der Waals surface area contributed by atoms with E-state index >= 15 is 0 Å². The van der Waals surface area contributed by atoms with Crippen LogP contribution in [0.25, 0.3) is 16.9 Å². The van der Waals surface area contributed by atoms with E-state index in [-0.39, 0.29) is 0 Å². The van der Waals surface area contributed by atoms with Gasteiger partial charge in [-0.05, 0) is 6.42 Å². The van der Waals surface area contributed by atoms with Crippen molar-refractivity contribution in [1.29, 1.82) is 0 Å². The summed E-state index contributed by atoms with van der Waals surface area (Å²) in [6, 6.07) is 0. The molecule has 0 aromatic carbocycles. The fourth-order valence-electron chi connectivity index (χ4n) is 2.51. The van der Waals surface area contributed by atoms with E-state index in [9.17, 15) is 0 Å². The highest BCUT2D eigenvalue weighted by atomic mass is 35.5. The Morgan fingerprint density at radius 3 is 2.70 bits per heavy atom. The minimum atomic E-state index is 0.540. The Morgan fingerprint density at radius 1 is 1.30 bits per heavy atom. The van der Waals surface area contributed by atoms with Gasteiger partial charge in [0, 0.05) is 32.6 Å². The molecule has 0 bridgehead atoms. The zero-order valence-electron chi connectivity index (χ0n) is 11.8. The van der Waals surface area contributed by atoms with Crippen molar-refractivity contribution in [3.05, 3.63) is 23.9 Å². The van der Waals surface area contributed by atoms with Gasteiger partial charge >= 0.3 is 0 Å². The lowest BCUT2D eigenvalue weighted by Gasteiger charge is -2.05. The molecule has 0 amide bonds. The Hall–Kier alpha value is -1.82. The number of nitrogens with zero attached hydrogens (tertiary/aromatic N) is 6. The van der Waals surface area contributed by atoms with Gasteiger partial charge in [-0.3, -0.25) is 9.25 Å². The Morgan fingerprint density at radius 2 is 2.10 bits per heavy atom. The van der Waals surface area contributed by atoms with Gasteiger partial charge in [-0.15, -0.1) is 11.6 Å². The van der Waals surface area contributed by atoms with Crippen LogP contribution in [-0.2, 0) is 26.9 Å². The second-order valence-corrected chi connectivity index (χ2v) is 5.15. The lowest BCUT2D eigenvalue weighted by molar-refractivity contribution is 0.740. The molecule has 3 heterocycles. The van der Waals surface area contributed by atoms with Crippen LogP contribution in [0, 0.1) is 0 Å². The first-order valence-electron chi connectivity index (χ1n) is 6.63. The molecule has 3 aromatic heterocycles. The molecule has 0 saturated heterocycles. The number of hydrogen-bond donors (Lipinski definition) is 0. The Bertz CT molecular complexity index is 750. The molecule has 0 N–H and O–H groups in total. The zero-order chi connectivity index (χ0) is 14.3. The molecule has 0 atom stereocenters. The smallest absolute Gasteiger partial charge is 0.163 e. The van der Waals surface area contributed by atoms with Crippen LogP contribution in [0.1, 0.15) is 18.4 Å². The predicted molar refractivity (Wildman–Crippen MR) is 78.4 cm³/mol. The maximum absolute atomic E-state index is 5.91. The number of rotatable bonds is 4. The van der Waals surface area contributed by atoms with Crippen LogP contribution in [0.5, 0.6) is 0 Å². The van der Waals surface area contributed by atoms with Gasteiger partial charge in [0.05, 0.1) is 17.6 Å². The van der Waals surface area contributed by atoms with E-state index in [1.54, 1.807) is 4.68 Å². The number of fused-ring (bicyclic) bond motifs is 1. The van der Waals surface area contributed by atoms with E-state index in [0.717, 1.165) is 34.8 Å². The summed E-state index contributed by atoms with van der Waals surface area (Å²) >= 11 is 5.91. The van der Waals surface area contributed by atoms with Crippen LogP contribution in [-0.4, -0.2) is 35.0 Å². The topological polar surface area (TPSA) is 53.5 Å². The molecular weight excluding hydrogens is 276 g/mol. The van der Waals surface area contributed by atoms with E-state index in [4.69, 9.17) is 16.6 Å². The van der Waals surface area contributed by atoms with Crippen molar-refractivity contribution in [2.75, 3.05) is 5.88 Å². The molecule has 20 heavy (non-hydrogen) atoms. The second-order valence-electron chi connectivity index (χ2n) is 4.77. The molecule has 0 saturated carbocycles. The van der Waals surface area contributed by atoms with Gasteiger partial charge in [0.1, 0.15) is 11.3 Å². The monoisotopic (exact) mass is 292 g/mol. The molecule has 106 valence electrons. The number of alkyl halides is 1. The van der Waals surface area contributed by atoms with Gasteiger partial charge in [-0.2, -0.15) is 10.2 Å². The molecule has 0 unspecified atom stereocenters. The number of imidazole rings is 1. The van der Waals surface area contributed by atoms with Crippen molar-refractivity contribution in [2.24, 2.45) is 14.1 Å². The fraction of sp³-hybridized carbons (Fsp3) is 0.462. The Labute approximate surface area is 122 Å². The van der Waals surface area contributed by atoms with Crippen LogP contribution in [0.2, 0.25) is 0 Å². The Kier molecular flexibility index (Phi) is 3.25. The normalized spacial score (nSPS) is 11.6. The van der Waals surface area contributed by atoms with Crippen molar-refractivity contribution in [1.82, 2.24) is 29.1 Å². The van der Waals surface area contributed by atoms with Crippen LogP contribution in [0.15, 0.2) is 12.4 Å². The fourth-order valence-corrected chi connectivity index (χ4v) is 2.68. The van der Waals surface area contributed by atoms with Gasteiger partial charge in [0.25, 0.3) is 0 Å². The highest BCUT2D eigenvalue weighted by Crippen LogP contribution is 2.24. The molecule has 0 aliphatic heterocycles. The summed E-state index contributed by atoms with van der Waals surface area (Å²) in [5.41, 5.74) is 3.95. The minimum Gasteiger partial charge on any atom is -0.278 e. The lowest BCUT2D eigenvalue weighted by atomic mass is 10.3. The zero-order valence-corrected chi connectivity index (χ0v) is 12.6. The van der Waals surface area contributed by atoms with E-state index in [1.165, 1.54) is 0 Å². The summed E-state index contributed by atoms with van der Waals surface area (Å²) in [6.45, 7) is 2.09. The summed E-state index contributed by atoms with van der Waals surface area (Å²) < 4.78 is 5.76. The molecule has 6 nitrogen and oxygen atoms in total. The van der Waals surface area contributed by atoms with Crippen molar-refractivity contribution in [3.63, 3.8) is 0 Å². The summed E-state index contributed by atoms with van der Waals surface area (Å²) in [6.07, 6.45) is 5.38. The SMILES string of the molecule is CCc1nn(C)c2c1nc(CCCl)n2-c1cnn(C)c1. The predicted octanol–water partition coefficient (Wildman–Crippen LogP) is 1.84. The van der Waals surface area contributed by atoms with Gasteiger partial charge in [0.15, 0.2) is 5.65 Å². The summed E-state index contributed by atoms with van der Waals surface area (Å²) in [7, 11) is 3.85. The molecule has 0 aliphatic rings. The third-order valence-electron chi connectivity index (χ3n) is 3.38. The van der Waals surface area contributed by atoms with Crippen molar-refractivity contribution >= 4 is 22.8 Å². The molecule has 0 aliphatic carbocycles. The van der Waals surface area contributed by atoms with E-state index in [0.29, 0.717) is 12.3 Å². The van der Waals surface area contributed by atoms with E-state index in [2.05, 4.69) is 21.7 Å². The summed E-state index contributed by atoms with van der Waals surface area (Å²) in [5.74, 6) is 1.49. The highest BCUT2D eigenvalue weighted by molar-refractivity contribution is 6.17. The molecule has 0 fully saturated rings. The quantitative estimate of drug-likeness (QED) is 0.690. The maximum atomic E-state index is 5.91. The second kappa shape index (κ2) is 4.94. The van der Waals surface area contributed by atoms with Crippen LogP contribution in [0.3, 0.4) is 0 Å². The number of hydrogen-bond acceptors (Lipinski definition) is 3.